The fraction of sp³-hybridized carbons (Fsp3) is 0.0566. The lowest BCUT2D eigenvalue weighted by Gasteiger charge is -2.29. The third-order valence-electron chi connectivity index (χ3n) is 12.2. The van der Waals surface area contributed by atoms with Crippen LogP contribution in [-0.4, -0.2) is 9.13 Å². The zero-order valence-corrected chi connectivity index (χ0v) is 31.5. The van der Waals surface area contributed by atoms with Crippen molar-refractivity contribution in [2.75, 3.05) is 4.90 Å². The van der Waals surface area contributed by atoms with Gasteiger partial charge in [0.25, 0.3) is 0 Å². The number of hydrogen-bond donors (Lipinski definition) is 0. The first-order chi connectivity index (χ1) is 27.5. The van der Waals surface area contributed by atoms with Crippen molar-refractivity contribution in [1.82, 2.24) is 9.13 Å². The largest absolute Gasteiger partial charge is 0.309 e. The van der Waals surface area contributed by atoms with Gasteiger partial charge in [-0.05, 0) is 89.0 Å². The second-order valence-corrected chi connectivity index (χ2v) is 15.4. The van der Waals surface area contributed by atoms with Crippen LogP contribution in [0.5, 0.6) is 0 Å². The highest BCUT2D eigenvalue weighted by Crippen LogP contribution is 2.56. The van der Waals surface area contributed by atoms with Gasteiger partial charge in [-0.2, -0.15) is 0 Å². The molecule has 0 unspecified atom stereocenters. The summed E-state index contributed by atoms with van der Waals surface area (Å²) in [5, 5.41) is 2.42. The Hall–Kier alpha value is -7.10. The molecule has 9 aromatic rings. The van der Waals surface area contributed by atoms with E-state index < -0.39 is 0 Å². The Morgan fingerprint density at radius 3 is 1.71 bits per heavy atom. The highest BCUT2D eigenvalue weighted by molar-refractivity contribution is 6.13. The molecule has 2 aliphatic rings. The van der Waals surface area contributed by atoms with Gasteiger partial charge in [0, 0.05) is 55.5 Å². The second kappa shape index (κ2) is 11.9. The van der Waals surface area contributed by atoms with Gasteiger partial charge in [0.05, 0.1) is 33.8 Å². The smallest absolute Gasteiger partial charge is 0.0641 e. The van der Waals surface area contributed by atoms with Crippen molar-refractivity contribution >= 4 is 51.0 Å². The molecular weight excluding hydrogens is 679 g/mol. The third kappa shape index (κ3) is 4.34. The summed E-state index contributed by atoms with van der Waals surface area (Å²) >= 11 is 0. The quantitative estimate of drug-likeness (QED) is 0.173. The van der Waals surface area contributed by atoms with Crippen molar-refractivity contribution in [2.24, 2.45) is 0 Å². The molecule has 0 bridgehead atoms. The van der Waals surface area contributed by atoms with Crippen molar-refractivity contribution < 1.29 is 0 Å². The van der Waals surface area contributed by atoms with Crippen LogP contribution in [0.25, 0.3) is 78.8 Å². The Labute approximate surface area is 327 Å². The number of nitrogens with zero attached hydrogens (tertiary/aromatic N) is 3. The van der Waals surface area contributed by atoms with Gasteiger partial charge in [-0.3, -0.25) is 0 Å². The lowest BCUT2D eigenvalue weighted by molar-refractivity contribution is 0.660. The van der Waals surface area contributed by atoms with Crippen LogP contribution in [0.2, 0.25) is 0 Å². The van der Waals surface area contributed by atoms with Crippen LogP contribution >= 0.6 is 0 Å². The van der Waals surface area contributed by atoms with E-state index in [1.807, 2.05) is 12.2 Å². The van der Waals surface area contributed by atoms with Crippen molar-refractivity contribution in [2.45, 2.75) is 19.3 Å². The molecule has 0 saturated carbocycles. The van der Waals surface area contributed by atoms with E-state index in [1.165, 1.54) is 66.6 Å². The molecule has 7 aromatic carbocycles. The Morgan fingerprint density at radius 1 is 0.464 bits per heavy atom. The van der Waals surface area contributed by atoms with Crippen molar-refractivity contribution in [3.63, 3.8) is 0 Å². The molecule has 0 amide bonds. The summed E-state index contributed by atoms with van der Waals surface area (Å²) in [4.78, 5) is 2.48. The number of rotatable bonds is 5. The Balaban J connectivity index is 1.11. The third-order valence-corrected chi connectivity index (χ3v) is 12.2. The molecule has 0 spiro atoms. The van der Waals surface area contributed by atoms with E-state index in [0.717, 1.165) is 39.5 Å². The average Bonchev–Trinajstić information content (AvgIpc) is 3.81. The van der Waals surface area contributed by atoms with Gasteiger partial charge in [-0.1, -0.05) is 136 Å². The molecule has 3 heteroatoms. The maximum absolute atomic E-state index is 4.22. The number of benzene rings is 7. The summed E-state index contributed by atoms with van der Waals surface area (Å²) in [5.41, 5.74) is 20.1. The van der Waals surface area contributed by atoms with Crippen LogP contribution in [0.3, 0.4) is 0 Å². The summed E-state index contributed by atoms with van der Waals surface area (Å²) in [6.45, 7) is 13.1. The lowest BCUT2D eigenvalue weighted by atomic mass is 9.82. The summed E-state index contributed by atoms with van der Waals surface area (Å²) in [5.74, 6) is 0. The molecular formula is C53H39N3. The number of aromatic nitrogens is 2. The van der Waals surface area contributed by atoms with Gasteiger partial charge in [-0.15, -0.1) is 0 Å². The normalized spacial score (nSPS) is 13.4. The molecule has 3 heterocycles. The molecule has 0 atom stereocenters. The molecule has 3 nitrogen and oxygen atoms in total. The van der Waals surface area contributed by atoms with Gasteiger partial charge in [-0.25, -0.2) is 0 Å². The van der Waals surface area contributed by atoms with Gasteiger partial charge in [0.15, 0.2) is 0 Å². The minimum absolute atomic E-state index is 0.247. The van der Waals surface area contributed by atoms with Gasteiger partial charge >= 0.3 is 0 Å². The fourth-order valence-corrected chi connectivity index (χ4v) is 9.74. The van der Waals surface area contributed by atoms with Crippen LogP contribution in [-0.2, 0) is 5.41 Å². The standard InChI is InChI=1S/C53H39N3/c1-5-37-40-20-10-14-24-47(40)54(46(37)6-2)35-28-30-38-39-31-29-36(33-45(39)53(3,4)44(38)32-35)55-48-25-15-11-21-41(48)51-42-22-12-16-26-49(42)56(34-18-8-7-9-19-34)52(51)43-23-13-17-27-50(43)55/h5-33H,1-2H2,3-4H3. The number of anilines is 3. The number of fused-ring (bicyclic) bond motifs is 11. The van der Waals surface area contributed by atoms with E-state index in [0.29, 0.717) is 0 Å². The summed E-state index contributed by atoms with van der Waals surface area (Å²) < 4.78 is 4.78. The summed E-state index contributed by atoms with van der Waals surface area (Å²) in [6.07, 6.45) is 3.90. The van der Waals surface area contributed by atoms with Crippen molar-refractivity contribution in [3.05, 3.63) is 199 Å². The molecule has 1 aliphatic carbocycles. The molecule has 266 valence electrons. The molecule has 2 aromatic heterocycles. The zero-order chi connectivity index (χ0) is 37.7. The summed E-state index contributed by atoms with van der Waals surface area (Å²) in [6, 6.07) is 60.1. The fourth-order valence-electron chi connectivity index (χ4n) is 9.74. The first kappa shape index (κ1) is 32.3. The SMILES string of the molecule is C=Cc1c(C=C)n(-c2ccc3c(c2)C(C)(C)c2cc(N4c5ccccc5-c5c(n(-c6ccccc6)c6ccccc56)-c5ccccc54)ccc2-3)c2ccccc12. The van der Waals surface area contributed by atoms with E-state index in [9.17, 15) is 0 Å². The minimum Gasteiger partial charge on any atom is -0.309 e. The first-order valence-electron chi connectivity index (χ1n) is 19.4. The maximum Gasteiger partial charge on any atom is 0.0641 e. The maximum atomic E-state index is 4.22. The molecule has 1 aliphatic heterocycles. The molecule has 56 heavy (non-hydrogen) atoms. The Kier molecular flexibility index (Phi) is 6.90. The van der Waals surface area contributed by atoms with E-state index in [-0.39, 0.29) is 5.41 Å². The van der Waals surface area contributed by atoms with E-state index in [2.05, 4.69) is 205 Å². The molecule has 0 N–H and O–H groups in total. The first-order valence-corrected chi connectivity index (χ1v) is 19.4. The monoisotopic (exact) mass is 717 g/mol. The lowest BCUT2D eigenvalue weighted by Crippen LogP contribution is -2.17. The predicted molar refractivity (Wildman–Crippen MR) is 237 cm³/mol. The second-order valence-electron chi connectivity index (χ2n) is 15.4. The molecule has 0 saturated heterocycles. The topological polar surface area (TPSA) is 13.1 Å². The summed E-state index contributed by atoms with van der Waals surface area (Å²) in [7, 11) is 0. The Morgan fingerprint density at radius 2 is 1.02 bits per heavy atom. The van der Waals surface area contributed by atoms with Gasteiger partial charge in [0.1, 0.15) is 0 Å². The highest BCUT2D eigenvalue weighted by atomic mass is 15.2. The van der Waals surface area contributed by atoms with E-state index >= 15 is 0 Å². The van der Waals surface area contributed by atoms with Crippen molar-refractivity contribution in [3.8, 4) is 44.9 Å². The minimum atomic E-state index is -0.247. The van der Waals surface area contributed by atoms with E-state index in [4.69, 9.17) is 0 Å². The van der Waals surface area contributed by atoms with Crippen LogP contribution in [0, 0.1) is 0 Å². The highest BCUT2D eigenvalue weighted by Gasteiger charge is 2.38. The number of para-hydroxylation sites is 5. The van der Waals surface area contributed by atoms with Crippen LogP contribution < -0.4 is 4.90 Å². The van der Waals surface area contributed by atoms with Crippen LogP contribution in [0.4, 0.5) is 17.1 Å². The molecule has 11 rings (SSSR count). The van der Waals surface area contributed by atoms with E-state index in [1.54, 1.807) is 0 Å². The Bertz CT molecular complexity index is 3100. The molecule has 0 fully saturated rings. The average molecular weight is 718 g/mol. The van der Waals surface area contributed by atoms with Crippen LogP contribution in [0.15, 0.2) is 177 Å². The van der Waals surface area contributed by atoms with Gasteiger partial charge < -0.3 is 14.0 Å². The van der Waals surface area contributed by atoms with Crippen LogP contribution in [0.1, 0.15) is 36.2 Å². The zero-order valence-electron chi connectivity index (χ0n) is 31.5. The van der Waals surface area contributed by atoms with Crippen molar-refractivity contribution in [1.29, 1.82) is 0 Å². The predicted octanol–water partition coefficient (Wildman–Crippen LogP) is 14.3. The van der Waals surface area contributed by atoms with Gasteiger partial charge in [0.2, 0.25) is 0 Å². The molecule has 0 radical (unpaired) electrons. The number of hydrogen-bond acceptors (Lipinski definition) is 1.